The molecular formula is C36H62N10O5. The molecule has 5 atom stereocenters. The van der Waals surface area contributed by atoms with E-state index in [1.807, 2.05) is 66.1 Å². The Morgan fingerprint density at radius 2 is 1.49 bits per heavy atom. The number of nitrogens with one attached hydrogen (secondary N) is 8. The number of rotatable bonds is 25. The van der Waals surface area contributed by atoms with Gasteiger partial charge in [-0.1, -0.05) is 58.4 Å². The average Bonchev–Trinajstić information content (AvgIpc) is 3.62. The molecule has 0 saturated heterocycles. The van der Waals surface area contributed by atoms with Crippen LogP contribution in [0.4, 0.5) is 0 Å². The van der Waals surface area contributed by atoms with Crippen LogP contribution in [0, 0.1) is 11.8 Å². The van der Waals surface area contributed by atoms with Gasteiger partial charge in [-0.25, -0.2) is 4.98 Å². The largest absolute Gasteiger partial charge is 0.377 e. The molecule has 0 saturated carbocycles. The summed E-state index contributed by atoms with van der Waals surface area (Å²) in [7, 11) is 3.82. The highest BCUT2D eigenvalue weighted by atomic mass is 16.3. The van der Waals surface area contributed by atoms with Gasteiger partial charge in [0.25, 0.3) is 0 Å². The van der Waals surface area contributed by atoms with E-state index >= 15 is 0 Å². The first-order chi connectivity index (χ1) is 24.4. The quantitative estimate of drug-likeness (QED) is 0.0629. The molecule has 1 unspecified atom stereocenters. The van der Waals surface area contributed by atoms with Crippen LogP contribution in [0.15, 0.2) is 36.8 Å². The first kappa shape index (κ1) is 43.3. The van der Waals surface area contributed by atoms with Crippen LogP contribution in [0.1, 0.15) is 64.3 Å². The molecule has 2 aromatic rings. The van der Waals surface area contributed by atoms with Crippen molar-refractivity contribution in [3.05, 3.63) is 53.6 Å². The zero-order chi connectivity index (χ0) is 37.8. The number of imidazole rings is 1. The molecule has 0 bridgehead atoms. The fourth-order valence-corrected chi connectivity index (χ4v) is 5.46. The molecule has 9 N–H and O–H groups in total. The van der Waals surface area contributed by atoms with Crippen LogP contribution in [0.2, 0.25) is 0 Å². The maximum Gasteiger partial charge on any atom is 0.243 e. The van der Waals surface area contributed by atoms with Crippen LogP contribution in [0.5, 0.6) is 0 Å². The van der Waals surface area contributed by atoms with Crippen molar-refractivity contribution in [2.45, 2.75) is 91.3 Å². The highest BCUT2D eigenvalue weighted by molar-refractivity contribution is 5.94. The minimum Gasteiger partial charge on any atom is -0.377 e. The Bertz CT molecular complexity index is 1300. The number of aliphatic hydroxyl groups is 1. The number of nitrogens with zero attached hydrogens (tertiary/aromatic N) is 2. The molecule has 1 aromatic carbocycles. The number of aliphatic hydroxyl groups excluding tert-OH is 1. The van der Waals surface area contributed by atoms with Crippen LogP contribution in [-0.2, 0) is 38.7 Å². The van der Waals surface area contributed by atoms with Crippen molar-refractivity contribution < 1.29 is 24.3 Å². The van der Waals surface area contributed by atoms with Gasteiger partial charge in [-0.3, -0.25) is 29.4 Å². The summed E-state index contributed by atoms with van der Waals surface area (Å²) < 4.78 is 0. The SMILES string of the molecule is CCC(C)[C@H](NC(=O)[C@H](Cc1cnc[nH]1)NC(C)=O)C(=O)N[C@@H](CC(C)C)C(=O)NCc1ccc(CN[C@@H](O)CN(CCNC)CCNC)cc1. The molecule has 4 amide bonds. The molecule has 0 aliphatic carbocycles. The van der Waals surface area contributed by atoms with Crippen molar-refractivity contribution in [3.8, 4) is 0 Å². The van der Waals surface area contributed by atoms with Crippen LogP contribution in [0.25, 0.3) is 0 Å². The van der Waals surface area contributed by atoms with E-state index in [9.17, 15) is 24.3 Å². The molecule has 0 fully saturated rings. The normalized spacial score (nSPS) is 14.4. The fourth-order valence-electron chi connectivity index (χ4n) is 5.46. The lowest BCUT2D eigenvalue weighted by Crippen LogP contribution is -2.58. The topological polar surface area (TPSA) is 205 Å². The summed E-state index contributed by atoms with van der Waals surface area (Å²) in [6.45, 7) is 13.7. The molecule has 0 aliphatic rings. The third-order valence-electron chi connectivity index (χ3n) is 8.62. The predicted octanol–water partition coefficient (Wildman–Crippen LogP) is -0.0161. The molecule has 1 aromatic heterocycles. The first-order valence-electron chi connectivity index (χ1n) is 18.0. The van der Waals surface area contributed by atoms with E-state index in [4.69, 9.17) is 0 Å². The van der Waals surface area contributed by atoms with Crippen molar-refractivity contribution in [2.24, 2.45) is 11.8 Å². The van der Waals surface area contributed by atoms with E-state index in [1.54, 1.807) is 6.20 Å². The number of carbonyl (C=O) groups excluding carboxylic acids is 4. The second-order valence-corrected chi connectivity index (χ2v) is 13.5. The van der Waals surface area contributed by atoms with Crippen LogP contribution in [-0.4, -0.2) is 115 Å². The zero-order valence-electron chi connectivity index (χ0n) is 31.5. The lowest BCUT2D eigenvalue weighted by molar-refractivity contribution is -0.134. The molecule has 15 heteroatoms. The molecule has 0 radical (unpaired) electrons. The Balaban J connectivity index is 2.00. The van der Waals surface area contributed by atoms with Crippen LogP contribution < -0.4 is 37.2 Å². The van der Waals surface area contributed by atoms with Crippen molar-refractivity contribution in [1.29, 1.82) is 0 Å². The number of hydrogen-bond donors (Lipinski definition) is 9. The van der Waals surface area contributed by atoms with Gasteiger partial charge in [-0.05, 0) is 43.5 Å². The average molecular weight is 715 g/mol. The number of aromatic nitrogens is 2. The summed E-state index contributed by atoms with van der Waals surface area (Å²) in [6.07, 6.45) is 3.55. The number of benzene rings is 1. The lowest BCUT2D eigenvalue weighted by atomic mass is 9.96. The Hall–Kier alpha value is -3.89. The van der Waals surface area contributed by atoms with Gasteiger partial charge in [0.1, 0.15) is 24.4 Å². The zero-order valence-corrected chi connectivity index (χ0v) is 31.5. The van der Waals surface area contributed by atoms with Gasteiger partial charge < -0.3 is 42.0 Å². The van der Waals surface area contributed by atoms with E-state index in [1.165, 1.54) is 13.3 Å². The molecule has 2 rings (SSSR count). The molecule has 0 aliphatic heterocycles. The standard InChI is InChI=1S/C36H62N10O5/c1-8-25(4)33(45-35(50)31(43-26(5)47)18-29-21-39-23-42-29)36(51)44-30(17-24(2)3)34(49)41-20-28-11-9-27(10-12-28)19-40-32(48)22-46(15-13-37-6)16-14-38-7/h9-12,21,23-25,30-33,37-38,40,48H,8,13-20,22H2,1-7H3,(H,39,42)(H,41,49)(H,43,47)(H,44,51)(H,45,50)/t25?,30-,31-,32-,33-/m0/s1. The minimum absolute atomic E-state index is 0.108. The van der Waals surface area contributed by atoms with Crippen molar-refractivity contribution in [3.63, 3.8) is 0 Å². The Morgan fingerprint density at radius 3 is 2.02 bits per heavy atom. The van der Waals surface area contributed by atoms with Gasteiger partial charge in [-0.15, -0.1) is 0 Å². The molecule has 0 spiro atoms. The first-order valence-corrected chi connectivity index (χ1v) is 18.0. The van der Waals surface area contributed by atoms with E-state index in [-0.39, 0.29) is 36.6 Å². The fraction of sp³-hybridized carbons (Fsp3) is 0.639. The number of hydrogen-bond acceptors (Lipinski definition) is 10. The summed E-state index contributed by atoms with van der Waals surface area (Å²) >= 11 is 0. The molecule has 15 nitrogen and oxygen atoms in total. The van der Waals surface area contributed by atoms with Gasteiger partial charge in [0.15, 0.2) is 0 Å². The van der Waals surface area contributed by atoms with Crippen molar-refractivity contribution in [2.75, 3.05) is 46.8 Å². The van der Waals surface area contributed by atoms with Crippen LogP contribution in [0.3, 0.4) is 0 Å². The predicted molar refractivity (Wildman–Crippen MR) is 198 cm³/mol. The van der Waals surface area contributed by atoms with E-state index in [0.717, 1.165) is 37.3 Å². The maximum absolute atomic E-state index is 13.7. The minimum atomic E-state index is -0.924. The number of H-pyrrole nitrogens is 1. The Morgan fingerprint density at radius 1 is 0.863 bits per heavy atom. The van der Waals surface area contributed by atoms with E-state index < -0.39 is 36.2 Å². The summed E-state index contributed by atoms with van der Waals surface area (Å²) in [5.74, 6) is -1.81. The van der Waals surface area contributed by atoms with Crippen LogP contribution >= 0.6 is 0 Å². The highest BCUT2D eigenvalue weighted by Crippen LogP contribution is 2.12. The second kappa shape index (κ2) is 23.6. The molecule has 1 heterocycles. The molecular weight excluding hydrogens is 652 g/mol. The van der Waals surface area contributed by atoms with Gasteiger partial charge >= 0.3 is 0 Å². The maximum atomic E-state index is 13.7. The molecule has 51 heavy (non-hydrogen) atoms. The molecule has 286 valence electrons. The summed E-state index contributed by atoms with van der Waals surface area (Å²) in [6, 6.07) is 5.10. The summed E-state index contributed by atoms with van der Waals surface area (Å²) in [5, 5.41) is 31.4. The number of likely N-dealkylation sites (N-methyl/N-ethyl adjacent to an activating group) is 2. The second-order valence-electron chi connectivity index (χ2n) is 13.5. The van der Waals surface area contributed by atoms with E-state index in [0.29, 0.717) is 31.6 Å². The summed E-state index contributed by atoms with van der Waals surface area (Å²) in [4.78, 5) is 61.4. The Kier molecular flexibility index (Phi) is 20.0. The van der Waals surface area contributed by atoms with Crippen molar-refractivity contribution >= 4 is 23.6 Å². The van der Waals surface area contributed by atoms with Gasteiger partial charge in [0, 0.05) is 71.0 Å². The third-order valence-corrected chi connectivity index (χ3v) is 8.62. The monoisotopic (exact) mass is 714 g/mol. The lowest BCUT2D eigenvalue weighted by Gasteiger charge is -2.28. The highest BCUT2D eigenvalue weighted by Gasteiger charge is 2.32. The van der Waals surface area contributed by atoms with Crippen molar-refractivity contribution in [1.82, 2.24) is 52.1 Å². The third kappa shape index (κ3) is 16.8. The smallest absolute Gasteiger partial charge is 0.243 e. The van der Waals surface area contributed by atoms with Gasteiger partial charge in [0.2, 0.25) is 23.6 Å². The van der Waals surface area contributed by atoms with E-state index in [2.05, 4.69) is 52.1 Å². The number of amides is 4. The number of aromatic amines is 1. The number of carbonyl (C=O) groups is 4. The van der Waals surface area contributed by atoms with Gasteiger partial charge in [0.05, 0.1) is 6.33 Å². The summed E-state index contributed by atoms with van der Waals surface area (Å²) in [5.41, 5.74) is 2.54. The van der Waals surface area contributed by atoms with Gasteiger partial charge in [-0.2, -0.15) is 0 Å². The Labute approximate surface area is 303 Å².